The van der Waals surface area contributed by atoms with Crippen LogP contribution >= 0.6 is 0 Å². The molecule has 4 aromatic rings. The number of benzene rings is 3. The highest BCUT2D eigenvalue weighted by atomic mass is 15.1. The number of unbranched alkanes of at least 4 members (excludes halogenated alkanes) is 2. The smallest absolute Gasteiger partial charge is 0.204 e. The molecule has 0 bridgehead atoms. The second kappa shape index (κ2) is 6.87. The van der Waals surface area contributed by atoms with Gasteiger partial charge in [-0.2, -0.15) is 0 Å². The normalized spacial score (nSPS) is 11.8. The van der Waals surface area contributed by atoms with Crippen LogP contribution in [0.3, 0.4) is 0 Å². The van der Waals surface area contributed by atoms with Crippen LogP contribution < -0.4 is 4.57 Å². The van der Waals surface area contributed by atoms with Gasteiger partial charge in [0.05, 0.1) is 13.1 Å². The lowest BCUT2D eigenvalue weighted by molar-refractivity contribution is -0.676. The maximum atomic E-state index is 3.68. The van der Waals surface area contributed by atoms with Gasteiger partial charge in [-0.25, -0.2) is 0 Å². The largest absolute Gasteiger partial charge is 0.344 e. The number of aromatic nitrogens is 2. The van der Waals surface area contributed by atoms with Gasteiger partial charge in [-0.05, 0) is 34.4 Å². The molecule has 0 aliphatic heterocycles. The third kappa shape index (κ3) is 2.70. The van der Waals surface area contributed by atoms with Gasteiger partial charge in [0.1, 0.15) is 0 Å². The van der Waals surface area contributed by atoms with Gasteiger partial charge >= 0.3 is 0 Å². The van der Waals surface area contributed by atoms with Gasteiger partial charge in [-0.1, -0.05) is 75.2 Å². The molecular formula is C23H26N2. The number of hydrogen-bond acceptors (Lipinski definition) is 0. The van der Waals surface area contributed by atoms with Crippen molar-refractivity contribution in [3.05, 3.63) is 54.9 Å². The SMILES string of the molecule is CCCCn1[c-][n+](CCCC)c2c3ccccc3c3ccccc3c21. The van der Waals surface area contributed by atoms with Crippen LogP contribution in [0.15, 0.2) is 48.5 Å². The molecule has 3 aromatic carbocycles. The van der Waals surface area contributed by atoms with Crippen molar-refractivity contribution in [2.75, 3.05) is 0 Å². The molecule has 0 N–H and O–H groups in total. The van der Waals surface area contributed by atoms with Gasteiger partial charge in [-0.15, -0.1) is 0 Å². The highest BCUT2D eigenvalue weighted by molar-refractivity contribution is 6.22. The summed E-state index contributed by atoms with van der Waals surface area (Å²) < 4.78 is 4.73. The van der Waals surface area contributed by atoms with Crippen molar-refractivity contribution >= 4 is 32.6 Å². The Labute approximate surface area is 149 Å². The van der Waals surface area contributed by atoms with Crippen LogP contribution in [0.4, 0.5) is 0 Å². The van der Waals surface area contributed by atoms with E-state index in [1.165, 1.54) is 58.3 Å². The Morgan fingerprint density at radius 3 is 2.08 bits per heavy atom. The minimum atomic E-state index is 1.04. The lowest BCUT2D eigenvalue weighted by atomic mass is 9.99. The average molecular weight is 330 g/mol. The fourth-order valence-electron chi connectivity index (χ4n) is 3.85. The minimum absolute atomic E-state index is 1.04. The van der Waals surface area contributed by atoms with E-state index in [-0.39, 0.29) is 0 Å². The van der Waals surface area contributed by atoms with Gasteiger partial charge in [0.15, 0.2) is 0 Å². The van der Waals surface area contributed by atoms with Gasteiger partial charge in [-0.3, -0.25) is 0 Å². The molecule has 0 unspecified atom stereocenters. The molecule has 0 atom stereocenters. The summed E-state index contributed by atoms with van der Waals surface area (Å²) in [6, 6.07) is 17.7. The molecule has 0 saturated carbocycles. The molecule has 0 aliphatic carbocycles. The van der Waals surface area contributed by atoms with Crippen LogP contribution in [0.1, 0.15) is 39.5 Å². The summed E-state index contributed by atoms with van der Waals surface area (Å²) in [5, 5.41) is 5.38. The summed E-state index contributed by atoms with van der Waals surface area (Å²) in [6.07, 6.45) is 8.46. The maximum absolute atomic E-state index is 3.68. The molecule has 1 aromatic heterocycles. The molecule has 0 spiro atoms. The summed E-state index contributed by atoms with van der Waals surface area (Å²) in [4.78, 5) is 0. The third-order valence-corrected chi connectivity index (χ3v) is 5.13. The van der Waals surface area contributed by atoms with Crippen LogP contribution in [0.5, 0.6) is 0 Å². The Morgan fingerprint density at radius 1 is 0.800 bits per heavy atom. The molecule has 0 aliphatic rings. The van der Waals surface area contributed by atoms with Crippen molar-refractivity contribution in [1.82, 2.24) is 4.57 Å². The summed E-state index contributed by atoms with van der Waals surface area (Å²) in [7, 11) is 0. The average Bonchev–Trinajstić information content (AvgIpc) is 3.04. The Kier molecular flexibility index (Phi) is 4.44. The van der Waals surface area contributed by atoms with Crippen molar-refractivity contribution in [1.29, 1.82) is 0 Å². The summed E-state index contributed by atoms with van der Waals surface area (Å²) >= 11 is 0. The van der Waals surface area contributed by atoms with Gasteiger partial charge in [0.2, 0.25) is 6.33 Å². The zero-order valence-electron chi connectivity index (χ0n) is 15.3. The summed E-state index contributed by atoms with van der Waals surface area (Å²) in [6.45, 7) is 6.58. The second-order valence-electron chi connectivity index (χ2n) is 6.90. The Bertz CT molecular complexity index is 945. The second-order valence-corrected chi connectivity index (χ2v) is 6.90. The van der Waals surface area contributed by atoms with Gasteiger partial charge < -0.3 is 9.13 Å². The molecule has 0 amide bonds. The van der Waals surface area contributed by atoms with E-state index in [1.807, 2.05) is 0 Å². The number of rotatable bonds is 6. The van der Waals surface area contributed by atoms with E-state index in [0.29, 0.717) is 0 Å². The summed E-state index contributed by atoms with van der Waals surface area (Å²) in [5.74, 6) is 0. The van der Waals surface area contributed by atoms with Crippen molar-refractivity contribution < 1.29 is 4.57 Å². The first-order chi connectivity index (χ1) is 12.3. The van der Waals surface area contributed by atoms with E-state index < -0.39 is 0 Å². The van der Waals surface area contributed by atoms with Gasteiger partial charge in [0, 0.05) is 11.0 Å². The number of imidazole rings is 1. The fourth-order valence-corrected chi connectivity index (χ4v) is 3.85. The van der Waals surface area contributed by atoms with E-state index in [2.05, 4.69) is 77.8 Å². The number of aryl methyl sites for hydroxylation is 2. The highest BCUT2D eigenvalue weighted by Crippen LogP contribution is 2.33. The van der Waals surface area contributed by atoms with E-state index in [9.17, 15) is 0 Å². The van der Waals surface area contributed by atoms with Crippen molar-refractivity contribution in [3.8, 4) is 0 Å². The predicted octanol–water partition coefficient (Wildman–Crippen LogP) is 5.64. The van der Waals surface area contributed by atoms with E-state index in [0.717, 1.165) is 13.1 Å². The zero-order chi connectivity index (χ0) is 17.2. The first-order valence-electron chi connectivity index (χ1n) is 9.60. The summed E-state index contributed by atoms with van der Waals surface area (Å²) in [5.41, 5.74) is 2.69. The van der Waals surface area contributed by atoms with Crippen molar-refractivity contribution in [3.63, 3.8) is 0 Å². The highest BCUT2D eigenvalue weighted by Gasteiger charge is 2.13. The molecule has 25 heavy (non-hydrogen) atoms. The zero-order valence-corrected chi connectivity index (χ0v) is 15.3. The molecule has 0 fully saturated rings. The van der Waals surface area contributed by atoms with Crippen molar-refractivity contribution in [2.24, 2.45) is 0 Å². The van der Waals surface area contributed by atoms with Crippen LogP contribution in [-0.2, 0) is 13.1 Å². The number of fused-ring (bicyclic) bond motifs is 6. The molecule has 128 valence electrons. The minimum Gasteiger partial charge on any atom is -0.344 e. The van der Waals surface area contributed by atoms with Gasteiger partial charge in [0.25, 0.3) is 0 Å². The van der Waals surface area contributed by atoms with E-state index in [1.54, 1.807) is 0 Å². The van der Waals surface area contributed by atoms with Crippen molar-refractivity contribution in [2.45, 2.75) is 52.6 Å². The molecule has 1 heterocycles. The van der Waals surface area contributed by atoms with Crippen LogP contribution in [0, 0.1) is 6.33 Å². The van der Waals surface area contributed by atoms with Crippen LogP contribution in [0.25, 0.3) is 32.6 Å². The lowest BCUT2D eigenvalue weighted by Crippen LogP contribution is -2.33. The number of hydrogen-bond donors (Lipinski definition) is 0. The van der Waals surface area contributed by atoms with Crippen LogP contribution in [-0.4, -0.2) is 4.57 Å². The molecule has 0 radical (unpaired) electrons. The first-order valence-corrected chi connectivity index (χ1v) is 9.60. The fraction of sp³-hybridized carbons (Fsp3) is 0.348. The first kappa shape index (κ1) is 16.1. The maximum Gasteiger partial charge on any atom is 0.204 e. The quantitative estimate of drug-likeness (QED) is 0.246. The molecule has 2 nitrogen and oxygen atoms in total. The molecule has 0 saturated heterocycles. The predicted molar refractivity (Wildman–Crippen MR) is 106 cm³/mol. The van der Waals surface area contributed by atoms with E-state index >= 15 is 0 Å². The molecular weight excluding hydrogens is 304 g/mol. The van der Waals surface area contributed by atoms with Crippen LogP contribution in [0.2, 0.25) is 0 Å². The monoisotopic (exact) mass is 330 g/mol. The number of nitrogens with zero attached hydrogens (tertiary/aromatic N) is 2. The Morgan fingerprint density at radius 2 is 1.40 bits per heavy atom. The lowest BCUT2D eigenvalue weighted by Gasteiger charge is -2.13. The molecule has 2 heteroatoms. The van der Waals surface area contributed by atoms with E-state index in [4.69, 9.17) is 0 Å². The Balaban J connectivity index is 2.13. The standard InChI is InChI=1S/C23H26N2/c1-3-5-15-24-17-25(16-6-4-2)23-21-14-10-8-12-19(21)18-11-7-9-13-20(18)22(23)24/h7-14H,3-6,15-16H2,1-2H3. The topological polar surface area (TPSA) is 8.81 Å². The Hall–Kier alpha value is -2.35. The molecule has 4 rings (SSSR count). The third-order valence-electron chi connectivity index (χ3n) is 5.13.